The summed E-state index contributed by atoms with van der Waals surface area (Å²) >= 11 is 0. The van der Waals surface area contributed by atoms with Crippen LogP contribution in [0.15, 0.2) is 29.2 Å². The van der Waals surface area contributed by atoms with E-state index in [-0.39, 0.29) is 16.7 Å². The number of carboxylic acids is 1. The summed E-state index contributed by atoms with van der Waals surface area (Å²) in [4.78, 5) is 13.9. The Labute approximate surface area is 143 Å². The lowest BCUT2D eigenvalue weighted by Crippen LogP contribution is -2.75. The lowest BCUT2D eigenvalue weighted by atomic mass is 9.80. The Morgan fingerprint density at radius 1 is 1.25 bits per heavy atom. The van der Waals surface area contributed by atoms with E-state index in [2.05, 4.69) is 4.99 Å². The maximum Gasteiger partial charge on any atom is 0.303 e. The molecule has 0 aliphatic heterocycles. The molecule has 0 fully saturated rings. The maximum absolute atomic E-state index is 11.5. The second kappa shape index (κ2) is 8.39. The molecule has 0 spiro atoms. The highest BCUT2D eigenvalue weighted by Crippen LogP contribution is 2.25. The Balaban J connectivity index is 2.76. The van der Waals surface area contributed by atoms with Crippen LogP contribution in [0.1, 0.15) is 52.0 Å². The van der Waals surface area contributed by atoms with Crippen molar-refractivity contribution in [1.29, 1.82) is 0 Å². The number of nitrogens with one attached hydrogen (secondary N) is 1. The molecule has 0 bridgehead atoms. The standard InChI is InChI=1S/C17H26N2O4S/c1-13(19-11-6-4-5-10-16(20)21)17(2,3)14-8-7-9-15(12-14)24(18,22)23/h7-9,12H,4-6,10-11H2,1-3H3,(H,20,21)(H2,18,22,23)/p+1. The molecule has 1 aromatic rings. The summed E-state index contributed by atoms with van der Waals surface area (Å²) in [6.45, 7) is 6.76. The fourth-order valence-electron chi connectivity index (χ4n) is 2.35. The second-order valence-electron chi connectivity index (χ2n) is 6.45. The molecular weight excluding hydrogens is 328 g/mol. The van der Waals surface area contributed by atoms with E-state index in [0.29, 0.717) is 6.42 Å². The third kappa shape index (κ3) is 6.05. The van der Waals surface area contributed by atoms with Gasteiger partial charge in [0.25, 0.3) is 0 Å². The number of unbranched alkanes of at least 4 members (excludes halogenated alkanes) is 2. The van der Waals surface area contributed by atoms with Crippen molar-refractivity contribution >= 4 is 21.7 Å². The van der Waals surface area contributed by atoms with E-state index in [9.17, 15) is 13.2 Å². The van der Waals surface area contributed by atoms with Crippen LogP contribution in [0.25, 0.3) is 0 Å². The number of hydrogen-bond acceptors (Lipinski definition) is 3. The van der Waals surface area contributed by atoms with Crippen LogP contribution in [0.4, 0.5) is 0 Å². The van der Waals surface area contributed by atoms with E-state index < -0.39 is 16.0 Å². The van der Waals surface area contributed by atoms with Crippen molar-refractivity contribution in [2.24, 2.45) is 5.14 Å². The molecule has 0 atom stereocenters. The SMILES string of the molecule is CC(=[NH+]CCCCCC(=O)O)C(C)(C)c1cccc(S(N)(=O)=O)c1. The Hall–Kier alpha value is -1.73. The average Bonchev–Trinajstić information content (AvgIpc) is 2.49. The van der Waals surface area contributed by atoms with Gasteiger partial charge in [0.05, 0.1) is 10.3 Å². The lowest BCUT2D eigenvalue weighted by molar-refractivity contribution is -0.461. The first-order valence-electron chi connectivity index (χ1n) is 7.98. The molecule has 0 radical (unpaired) electrons. The van der Waals surface area contributed by atoms with E-state index >= 15 is 0 Å². The molecule has 0 aromatic heterocycles. The van der Waals surface area contributed by atoms with Gasteiger partial charge in [0, 0.05) is 19.8 Å². The van der Waals surface area contributed by atoms with Gasteiger partial charge in [-0.1, -0.05) is 12.1 Å². The fraction of sp³-hybridized carbons (Fsp3) is 0.529. The molecule has 7 heteroatoms. The minimum Gasteiger partial charge on any atom is -0.481 e. The Bertz CT molecular complexity index is 709. The Morgan fingerprint density at radius 2 is 1.92 bits per heavy atom. The van der Waals surface area contributed by atoms with Crippen LogP contribution in [0, 0.1) is 0 Å². The predicted molar refractivity (Wildman–Crippen MR) is 93.5 cm³/mol. The summed E-state index contributed by atoms with van der Waals surface area (Å²) in [6.07, 6.45) is 2.62. The highest BCUT2D eigenvalue weighted by Gasteiger charge is 2.29. The van der Waals surface area contributed by atoms with Gasteiger partial charge < -0.3 is 5.11 Å². The molecule has 24 heavy (non-hydrogen) atoms. The van der Waals surface area contributed by atoms with Gasteiger partial charge in [-0.3, -0.25) is 4.79 Å². The van der Waals surface area contributed by atoms with E-state index in [1.165, 1.54) is 6.07 Å². The van der Waals surface area contributed by atoms with Crippen molar-refractivity contribution in [3.8, 4) is 0 Å². The predicted octanol–water partition coefficient (Wildman–Crippen LogP) is 0.798. The molecule has 0 unspecified atom stereocenters. The Kier molecular flexibility index (Phi) is 7.10. The van der Waals surface area contributed by atoms with Crippen LogP contribution in [0.5, 0.6) is 0 Å². The van der Waals surface area contributed by atoms with Gasteiger partial charge in [-0.05, 0) is 44.4 Å². The molecule has 0 saturated carbocycles. The maximum atomic E-state index is 11.5. The van der Waals surface area contributed by atoms with Gasteiger partial charge in [0.1, 0.15) is 6.54 Å². The molecule has 6 nitrogen and oxygen atoms in total. The number of carbonyl (C=O) groups is 1. The minimum absolute atomic E-state index is 0.106. The average molecular weight is 355 g/mol. The van der Waals surface area contributed by atoms with Gasteiger partial charge in [-0.2, -0.15) is 0 Å². The molecule has 1 rings (SSSR count). The summed E-state index contributed by atoms with van der Waals surface area (Å²) in [6, 6.07) is 6.66. The van der Waals surface area contributed by atoms with Crippen molar-refractivity contribution in [2.75, 3.05) is 6.54 Å². The number of aliphatic carboxylic acids is 1. The monoisotopic (exact) mass is 355 g/mol. The van der Waals surface area contributed by atoms with Crippen LogP contribution < -0.4 is 10.1 Å². The first kappa shape index (κ1) is 20.3. The van der Waals surface area contributed by atoms with Gasteiger partial charge >= 0.3 is 5.97 Å². The first-order chi connectivity index (χ1) is 11.0. The quantitative estimate of drug-likeness (QED) is 0.449. The van der Waals surface area contributed by atoms with Crippen molar-refractivity contribution in [1.82, 2.24) is 0 Å². The summed E-state index contributed by atoms with van der Waals surface area (Å²) < 4.78 is 23.0. The van der Waals surface area contributed by atoms with Crippen LogP contribution in [0.2, 0.25) is 0 Å². The smallest absolute Gasteiger partial charge is 0.303 e. The highest BCUT2D eigenvalue weighted by atomic mass is 32.2. The zero-order valence-corrected chi connectivity index (χ0v) is 15.3. The molecule has 134 valence electrons. The van der Waals surface area contributed by atoms with Crippen molar-refractivity contribution in [3.63, 3.8) is 0 Å². The van der Waals surface area contributed by atoms with Crippen molar-refractivity contribution in [3.05, 3.63) is 29.8 Å². The van der Waals surface area contributed by atoms with Crippen LogP contribution in [0.3, 0.4) is 0 Å². The number of hydrogen-bond donors (Lipinski definition) is 3. The molecular formula is C17H27N2O4S+. The largest absolute Gasteiger partial charge is 0.481 e. The van der Waals surface area contributed by atoms with Gasteiger partial charge in [0.15, 0.2) is 5.71 Å². The number of rotatable bonds is 9. The molecule has 1 aromatic carbocycles. The van der Waals surface area contributed by atoms with E-state index in [1.807, 2.05) is 26.8 Å². The summed E-state index contributed by atoms with van der Waals surface area (Å²) in [5, 5.41) is 13.8. The lowest BCUT2D eigenvalue weighted by Gasteiger charge is -2.22. The Morgan fingerprint density at radius 3 is 2.50 bits per heavy atom. The summed E-state index contributed by atoms with van der Waals surface area (Å²) in [5.74, 6) is -0.762. The van der Waals surface area contributed by atoms with E-state index in [0.717, 1.165) is 30.7 Å². The summed E-state index contributed by atoms with van der Waals surface area (Å²) in [5.41, 5.74) is 1.53. The highest BCUT2D eigenvalue weighted by molar-refractivity contribution is 7.89. The number of nitrogens with two attached hydrogens (primary N) is 1. The molecule has 4 N–H and O–H groups in total. The molecule has 0 amide bonds. The minimum atomic E-state index is -3.72. The zero-order valence-electron chi connectivity index (χ0n) is 14.5. The third-order valence-electron chi connectivity index (χ3n) is 4.28. The number of primary sulfonamides is 1. The molecule has 0 aliphatic carbocycles. The van der Waals surface area contributed by atoms with Crippen LogP contribution >= 0.6 is 0 Å². The first-order valence-corrected chi connectivity index (χ1v) is 9.53. The summed E-state index contributed by atoms with van der Waals surface area (Å²) in [7, 11) is -3.72. The van der Waals surface area contributed by atoms with Crippen LogP contribution in [-0.4, -0.2) is 31.8 Å². The van der Waals surface area contributed by atoms with Crippen molar-refractivity contribution in [2.45, 2.75) is 56.8 Å². The topological polar surface area (TPSA) is 111 Å². The zero-order chi connectivity index (χ0) is 18.4. The molecule has 0 saturated heterocycles. The normalized spacial score (nSPS) is 13.1. The van der Waals surface area contributed by atoms with E-state index in [1.54, 1.807) is 12.1 Å². The second-order valence-corrected chi connectivity index (χ2v) is 8.02. The fourth-order valence-corrected chi connectivity index (χ4v) is 2.91. The third-order valence-corrected chi connectivity index (χ3v) is 5.19. The van der Waals surface area contributed by atoms with Crippen LogP contribution in [-0.2, 0) is 20.2 Å². The van der Waals surface area contributed by atoms with Gasteiger partial charge in [-0.15, -0.1) is 0 Å². The number of carboxylic acid groups (broad SMARTS) is 1. The number of sulfonamides is 1. The van der Waals surface area contributed by atoms with Crippen molar-refractivity contribution < 1.29 is 23.3 Å². The van der Waals surface area contributed by atoms with Gasteiger partial charge in [0.2, 0.25) is 10.0 Å². The van der Waals surface area contributed by atoms with Gasteiger partial charge in [-0.25, -0.2) is 18.5 Å². The van der Waals surface area contributed by atoms with E-state index in [4.69, 9.17) is 10.2 Å². The molecule has 0 heterocycles. The number of benzene rings is 1. The molecule has 0 aliphatic rings.